The van der Waals surface area contributed by atoms with Gasteiger partial charge in [-0.1, -0.05) is 43.9 Å². The largest absolute Gasteiger partial charge is 0.379 e. The lowest BCUT2D eigenvalue weighted by atomic mass is 10.1. The van der Waals surface area contributed by atoms with Gasteiger partial charge in [0.1, 0.15) is 5.82 Å². The molecular formula is C21H32FN3OS. The van der Waals surface area contributed by atoms with Gasteiger partial charge in [-0.25, -0.2) is 4.39 Å². The molecule has 0 radical (unpaired) electrons. The van der Waals surface area contributed by atoms with E-state index >= 15 is 0 Å². The van der Waals surface area contributed by atoms with E-state index in [-0.39, 0.29) is 5.82 Å². The van der Waals surface area contributed by atoms with Crippen LogP contribution < -0.4 is 5.32 Å². The summed E-state index contributed by atoms with van der Waals surface area (Å²) in [5.74, 6) is -0.161. The number of rotatable bonds is 6. The average molecular weight is 394 g/mol. The van der Waals surface area contributed by atoms with Crippen LogP contribution in [-0.2, 0) is 11.3 Å². The highest BCUT2D eigenvalue weighted by atomic mass is 32.1. The van der Waals surface area contributed by atoms with Gasteiger partial charge < -0.3 is 15.0 Å². The van der Waals surface area contributed by atoms with Crippen LogP contribution in [0.4, 0.5) is 4.39 Å². The van der Waals surface area contributed by atoms with Crippen molar-refractivity contribution in [3.63, 3.8) is 0 Å². The van der Waals surface area contributed by atoms with E-state index in [1.54, 1.807) is 6.07 Å². The average Bonchev–Trinajstić information content (AvgIpc) is 2.96. The Morgan fingerprint density at radius 1 is 1.15 bits per heavy atom. The third-order valence-electron chi connectivity index (χ3n) is 5.58. The highest BCUT2D eigenvalue weighted by Gasteiger charge is 2.19. The summed E-state index contributed by atoms with van der Waals surface area (Å²) in [6, 6.07) is 7.45. The van der Waals surface area contributed by atoms with Gasteiger partial charge in [0.15, 0.2) is 5.11 Å². The molecule has 1 saturated carbocycles. The standard InChI is InChI=1S/C21H32FN3OS/c22-20-10-6-5-7-18(20)17-25(12-11-24-13-15-26-16-14-24)21(27)23-19-8-3-1-2-4-9-19/h5-7,10,19H,1-4,8-9,11-17H2,(H,23,27). The van der Waals surface area contributed by atoms with Crippen LogP contribution in [0.5, 0.6) is 0 Å². The fourth-order valence-electron chi connectivity index (χ4n) is 3.86. The summed E-state index contributed by atoms with van der Waals surface area (Å²) >= 11 is 5.76. The molecule has 150 valence electrons. The van der Waals surface area contributed by atoms with Gasteiger partial charge in [0.25, 0.3) is 0 Å². The van der Waals surface area contributed by atoms with Crippen LogP contribution >= 0.6 is 12.2 Å². The van der Waals surface area contributed by atoms with Crippen LogP contribution in [0.1, 0.15) is 44.1 Å². The molecule has 1 aromatic rings. The molecule has 27 heavy (non-hydrogen) atoms. The Kier molecular flexibility index (Phi) is 8.30. The number of thiocarbonyl (C=S) groups is 1. The molecule has 0 aromatic heterocycles. The summed E-state index contributed by atoms with van der Waals surface area (Å²) < 4.78 is 19.6. The second-order valence-corrected chi connectivity index (χ2v) is 7.99. The second kappa shape index (κ2) is 10.9. The summed E-state index contributed by atoms with van der Waals surface area (Å²) in [4.78, 5) is 4.53. The minimum atomic E-state index is -0.161. The molecule has 1 saturated heterocycles. The number of nitrogens with zero attached hydrogens (tertiary/aromatic N) is 2. The lowest BCUT2D eigenvalue weighted by Gasteiger charge is -2.33. The van der Waals surface area contributed by atoms with Crippen LogP contribution in [0.2, 0.25) is 0 Å². The maximum Gasteiger partial charge on any atom is 0.169 e. The highest BCUT2D eigenvalue weighted by Crippen LogP contribution is 2.18. The van der Waals surface area contributed by atoms with E-state index in [0.717, 1.165) is 44.5 Å². The van der Waals surface area contributed by atoms with Crippen LogP contribution in [0.15, 0.2) is 24.3 Å². The van der Waals surface area contributed by atoms with Crippen LogP contribution in [0.3, 0.4) is 0 Å². The lowest BCUT2D eigenvalue weighted by molar-refractivity contribution is 0.0356. The minimum Gasteiger partial charge on any atom is -0.379 e. The number of hydrogen-bond acceptors (Lipinski definition) is 3. The lowest BCUT2D eigenvalue weighted by Crippen LogP contribution is -2.48. The summed E-state index contributed by atoms with van der Waals surface area (Å²) in [7, 11) is 0. The normalized spacial score (nSPS) is 19.4. The van der Waals surface area contributed by atoms with Crippen LogP contribution in [-0.4, -0.2) is 60.3 Å². The van der Waals surface area contributed by atoms with E-state index < -0.39 is 0 Å². The molecule has 1 aromatic carbocycles. The van der Waals surface area contributed by atoms with Crippen molar-refractivity contribution in [2.24, 2.45) is 0 Å². The number of hydrogen-bond donors (Lipinski definition) is 1. The molecule has 6 heteroatoms. The molecule has 0 atom stereocenters. The Bertz CT molecular complexity index is 587. The number of ether oxygens (including phenoxy) is 1. The Labute approximate surface area is 168 Å². The topological polar surface area (TPSA) is 27.7 Å². The van der Waals surface area contributed by atoms with E-state index in [9.17, 15) is 4.39 Å². The monoisotopic (exact) mass is 393 g/mol. The molecule has 0 spiro atoms. The third kappa shape index (κ3) is 6.70. The van der Waals surface area contributed by atoms with Gasteiger partial charge in [-0.3, -0.25) is 4.90 Å². The first kappa shape index (κ1) is 20.5. The third-order valence-corrected chi connectivity index (χ3v) is 5.95. The van der Waals surface area contributed by atoms with Crippen molar-refractivity contribution in [1.82, 2.24) is 15.1 Å². The molecule has 2 fully saturated rings. The molecule has 1 heterocycles. The van der Waals surface area contributed by atoms with Gasteiger partial charge in [0, 0.05) is 44.3 Å². The van der Waals surface area contributed by atoms with E-state index in [2.05, 4.69) is 15.1 Å². The number of nitrogens with one attached hydrogen (secondary N) is 1. The zero-order valence-electron chi connectivity index (χ0n) is 16.2. The second-order valence-electron chi connectivity index (χ2n) is 7.60. The van der Waals surface area contributed by atoms with Crippen LogP contribution in [0.25, 0.3) is 0 Å². The van der Waals surface area contributed by atoms with Crippen molar-refractivity contribution in [3.8, 4) is 0 Å². The molecular weight excluding hydrogens is 361 g/mol. The van der Waals surface area contributed by atoms with Gasteiger partial charge in [-0.15, -0.1) is 0 Å². The van der Waals surface area contributed by atoms with Crippen molar-refractivity contribution in [1.29, 1.82) is 0 Å². The van der Waals surface area contributed by atoms with Crippen molar-refractivity contribution < 1.29 is 9.13 Å². The van der Waals surface area contributed by atoms with Gasteiger partial charge in [-0.2, -0.15) is 0 Å². The van der Waals surface area contributed by atoms with Gasteiger partial charge in [-0.05, 0) is 31.1 Å². The molecule has 2 aliphatic rings. The first-order valence-electron chi connectivity index (χ1n) is 10.3. The molecule has 0 amide bonds. The Hall–Kier alpha value is -1.24. The zero-order chi connectivity index (χ0) is 18.9. The summed E-state index contributed by atoms with van der Waals surface area (Å²) in [5.41, 5.74) is 0.699. The van der Waals surface area contributed by atoms with E-state index in [1.807, 2.05) is 12.1 Å². The van der Waals surface area contributed by atoms with E-state index in [4.69, 9.17) is 17.0 Å². The molecule has 1 N–H and O–H groups in total. The zero-order valence-corrected chi connectivity index (χ0v) is 17.0. The maximum absolute atomic E-state index is 14.2. The quantitative estimate of drug-likeness (QED) is 0.589. The van der Waals surface area contributed by atoms with Gasteiger partial charge in [0.2, 0.25) is 0 Å². The van der Waals surface area contributed by atoms with E-state index in [1.165, 1.54) is 44.6 Å². The van der Waals surface area contributed by atoms with E-state index in [0.29, 0.717) is 18.2 Å². The summed E-state index contributed by atoms with van der Waals surface area (Å²) in [6.07, 6.45) is 7.53. The molecule has 0 unspecified atom stereocenters. The molecule has 1 aliphatic heterocycles. The highest BCUT2D eigenvalue weighted by molar-refractivity contribution is 7.80. The Balaban J connectivity index is 1.61. The van der Waals surface area contributed by atoms with Gasteiger partial charge >= 0.3 is 0 Å². The predicted octanol–water partition coefficient (Wildman–Crippen LogP) is 3.56. The van der Waals surface area contributed by atoms with Crippen molar-refractivity contribution in [2.75, 3.05) is 39.4 Å². The van der Waals surface area contributed by atoms with Crippen LogP contribution in [0, 0.1) is 5.82 Å². The smallest absolute Gasteiger partial charge is 0.169 e. The van der Waals surface area contributed by atoms with Crippen molar-refractivity contribution >= 4 is 17.3 Å². The molecule has 4 nitrogen and oxygen atoms in total. The fraction of sp³-hybridized carbons (Fsp3) is 0.667. The fourth-order valence-corrected chi connectivity index (χ4v) is 4.18. The minimum absolute atomic E-state index is 0.161. The van der Waals surface area contributed by atoms with Crippen molar-refractivity contribution in [2.45, 2.75) is 51.1 Å². The Morgan fingerprint density at radius 3 is 2.56 bits per heavy atom. The SMILES string of the molecule is Fc1ccccc1CN(CCN1CCOCC1)C(=S)NC1CCCCCC1. The first-order valence-corrected chi connectivity index (χ1v) is 10.7. The molecule has 3 rings (SSSR count). The number of halogens is 1. The molecule has 0 bridgehead atoms. The predicted molar refractivity (Wildman–Crippen MR) is 111 cm³/mol. The summed E-state index contributed by atoms with van der Waals surface area (Å²) in [6.45, 7) is 5.72. The first-order chi connectivity index (χ1) is 13.2. The van der Waals surface area contributed by atoms with Crippen molar-refractivity contribution in [3.05, 3.63) is 35.6 Å². The molecule has 1 aliphatic carbocycles. The maximum atomic E-state index is 14.2. The Morgan fingerprint density at radius 2 is 1.85 bits per heavy atom. The van der Waals surface area contributed by atoms with Gasteiger partial charge in [0.05, 0.1) is 13.2 Å². The summed E-state index contributed by atoms with van der Waals surface area (Å²) in [5, 5.41) is 4.34. The number of morpholine rings is 1. The number of benzene rings is 1.